The molecule has 0 radical (unpaired) electrons. The van der Waals surface area contributed by atoms with Crippen LogP contribution in [0, 0.1) is 11.3 Å². The Hall–Kier alpha value is -2.54. The van der Waals surface area contributed by atoms with Gasteiger partial charge in [-0.15, -0.1) is 0 Å². The molecule has 0 aliphatic rings. The van der Waals surface area contributed by atoms with Gasteiger partial charge in [-0.1, -0.05) is 0 Å². The Morgan fingerprint density at radius 2 is 2.19 bits per heavy atom. The average molecular weight is 210 g/mol. The van der Waals surface area contributed by atoms with Gasteiger partial charge in [0.15, 0.2) is 0 Å². The molecule has 1 aromatic carbocycles. The minimum absolute atomic E-state index is 0.570. The van der Waals surface area contributed by atoms with E-state index in [2.05, 4.69) is 16.4 Å². The Morgan fingerprint density at radius 3 is 2.88 bits per heavy atom. The number of aromatic nitrogens is 1. The van der Waals surface area contributed by atoms with Crippen molar-refractivity contribution in [3.05, 3.63) is 48.3 Å². The van der Waals surface area contributed by atoms with Crippen molar-refractivity contribution < 1.29 is 0 Å². The molecule has 0 aliphatic carbocycles. The molecule has 0 saturated carbocycles. The van der Waals surface area contributed by atoms with Gasteiger partial charge in [0.1, 0.15) is 0 Å². The quantitative estimate of drug-likeness (QED) is 0.745. The van der Waals surface area contributed by atoms with Crippen LogP contribution < -0.4 is 11.1 Å². The fourth-order valence-corrected chi connectivity index (χ4v) is 1.33. The van der Waals surface area contributed by atoms with Crippen molar-refractivity contribution in [2.75, 3.05) is 11.1 Å². The summed E-state index contributed by atoms with van der Waals surface area (Å²) in [6.45, 7) is 0. The summed E-state index contributed by atoms with van der Waals surface area (Å²) >= 11 is 0. The van der Waals surface area contributed by atoms with E-state index in [-0.39, 0.29) is 0 Å². The normalized spacial score (nSPS) is 9.44. The first kappa shape index (κ1) is 9.99. The number of anilines is 3. The number of hydrogen-bond acceptors (Lipinski definition) is 4. The molecule has 1 aromatic heterocycles. The van der Waals surface area contributed by atoms with Crippen LogP contribution in [0.1, 0.15) is 5.56 Å². The van der Waals surface area contributed by atoms with Crippen LogP contribution in [-0.4, -0.2) is 4.98 Å². The molecular weight excluding hydrogens is 200 g/mol. The highest BCUT2D eigenvalue weighted by Gasteiger charge is 2.01. The van der Waals surface area contributed by atoms with Gasteiger partial charge in [0.25, 0.3) is 0 Å². The van der Waals surface area contributed by atoms with Crippen LogP contribution in [0.5, 0.6) is 0 Å². The lowest BCUT2D eigenvalue weighted by Gasteiger charge is -2.08. The lowest BCUT2D eigenvalue weighted by Crippen LogP contribution is -1.97. The minimum Gasteiger partial charge on any atom is -0.397 e. The molecule has 3 N–H and O–H groups in total. The summed E-state index contributed by atoms with van der Waals surface area (Å²) in [6.07, 6.45) is 3.39. The van der Waals surface area contributed by atoms with Crippen LogP contribution in [0.3, 0.4) is 0 Å². The molecule has 78 valence electrons. The maximum absolute atomic E-state index is 8.79. The Labute approximate surface area is 93.4 Å². The van der Waals surface area contributed by atoms with Crippen molar-refractivity contribution in [1.82, 2.24) is 4.98 Å². The third kappa shape index (κ3) is 2.10. The molecule has 2 rings (SSSR count). The zero-order chi connectivity index (χ0) is 11.4. The number of nitrogens with two attached hydrogens (primary N) is 1. The number of pyridine rings is 1. The second kappa shape index (κ2) is 4.32. The monoisotopic (exact) mass is 210 g/mol. The Kier molecular flexibility index (Phi) is 2.70. The van der Waals surface area contributed by atoms with Crippen molar-refractivity contribution in [3.8, 4) is 6.07 Å². The number of nitrogens with zero attached hydrogens (tertiary/aromatic N) is 2. The molecule has 0 saturated heterocycles. The van der Waals surface area contributed by atoms with Crippen molar-refractivity contribution in [2.45, 2.75) is 0 Å². The summed E-state index contributed by atoms with van der Waals surface area (Å²) in [7, 11) is 0. The maximum Gasteiger partial charge on any atom is 0.0992 e. The molecule has 16 heavy (non-hydrogen) atoms. The lowest BCUT2D eigenvalue weighted by molar-refractivity contribution is 1.32. The van der Waals surface area contributed by atoms with Crippen LogP contribution in [-0.2, 0) is 0 Å². The van der Waals surface area contributed by atoms with E-state index in [1.54, 1.807) is 30.6 Å². The van der Waals surface area contributed by atoms with E-state index >= 15 is 0 Å². The highest BCUT2D eigenvalue weighted by atomic mass is 14.9. The zero-order valence-electron chi connectivity index (χ0n) is 8.51. The lowest BCUT2D eigenvalue weighted by atomic mass is 10.2. The Balaban J connectivity index is 2.31. The summed E-state index contributed by atoms with van der Waals surface area (Å²) < 4.78 is 0. The first-order valence-electron chi connectivity index (χ1n) is 4.76. The molecule has 4 nitrogen and oxygen atoms in total. The standard InChI is InChI=1S/C12H10N4/c13-7-9-3-4-11(14)12(6-9)16-10-2-1-5-15-8-10/h1-6,8,16H,14H2. The van der Waals surface area contributed by atoms with Crippen LogP contribution in [0.15, 0.2) is 42.7 Å². The molecule has 0 fully saturated rings. The van der Waals surface area contributed by atoms with Crippen LogP contribution in [0.2, 0.25) is 0 Å². The van der Waals surface area contributed by atoms with Gasteiger partial charge in [0, 0.05) is 6.20 Å². The highest BCUT2D eigenvalue weighted by Crippen LogP contribution is 2.23. The van der Waals surface area contributed by atoms with E-state index in [9.17, 15) is 0 Å². The molecule has 0 aliphatic heterocycles. The second-order valence-electron chi connectivity index (χ2n) is 3.28. The summed E-state index contributed by atoms with van der Waals surface area (Å²) in [6, 6.07) is 10.9. The van der Waals surface area contributed by atoms with Gasteiger partial charge in [0.2, 0.25) is 0 Å². The highest BCUT2D eigenvalue weighted by molar-refractivity contribution is 5.73. The molecule has 2 aromatic rings. The van der Waals surface area contributed by atoms with E-state index in [4.69, 9.17) is 11.0 Å². The molecule has 0 unspecified atom stereocenters. The number of nitriles is 1. The molecule has 1 heterocycles. The predicted octanol–water partition coefficient (Wildman–Crippen LogP) is 2.28. The zero-order valence-corrected chi connectivity index (χ0v) is 8.51. The fraction of sp³-hybridized carbons (Fsp3) is 0. The van der Waals surface area contributed by atoms with Gasteiger partial charge in [-0.05, 0) is 30.3 Å². The minimum atomic E-state index is 0.570. The van der Waals surface area contributed by atoms with Crippen molar-refractivity contribution in [3.63, 3.8) is 0 Å². The van der Waals surface area contributed by atoms with Crippen molar-refractivity contribution in [1.29, 1.82) is 5.26 Å². The van der Waals surface area contributed by atoms with Crippen molar-refractivity contribution in [2.24, 2.45) is 0 Å². The molecular formula is C12H10N4. The van der Waals surface area contributed by atoms with Gasteiger partial charge in [-0.25, -0.2) is 0 Å². The van der Waals surface area contributed by atoms with E-state index in [0.29, 0.717) is 16.9 Å². The maximum atomic E-state index is 8.79. The van der Waals surface area contributed by atoms with E-state index in [1.165, 1.54) is 0 Å². The first-order chi connectivity index (χ1) is 7.79. The number of rotatable bonds is 2. The SMILES string of the molecule is N#Cc1ccc(N)c(Nc2cccnc2)c1. The Bertz CT molecular complexity index is 528. The first-order valence-corrected chi connectivity index (χ1v) is 4.76. The summed E-state index contributed by atoms with van der Waals surface area (Å²) in [5, 5.41) is 11.9. The van der Waals surface area contributed by atoms with Gasteiger partial charge in [-0.2, -0.15) is 5.26 Å². The smallest absolute Gasteiger partial charge is 0.0992 e. The molecule has 0 bridgehead atoms. The summed E-state index contributed by atoms with van der Waals surface area (Å²) in [5.74, 6) is 0. The Morgan fingerprint density at radius 1 is 1.31 bits per heavy atom. The second-order valence-corrected chi connectivity index (χ2v) is 3.28. The van der Waals surface area contributed by atoms with Gasteiger partial charge in [-0.3, -0.25) is 4.98 Å². The third-order valence-electron chi connectivity index (χ3n) is 2.12. The van der Waals surface area contributed by atoms with E-state index in [1.807, 2.05) is 12.1 Å². The van der Waals surface area contributed by atoms with Gasteiger partial charge >= 0.3 is 0 Å². The average Bonchev–Trinajstić information content (AvgIpc) is 2.33. The number of nitrogen functional groups attached to an aromatic ring is 1. The van der Waals surface area contributed by atoms with Crippen molar-refractivity contribution >= 4 is 17.1 Å². The predicted molar refractivity (Wildman–Crippen MR) is 63.1 cm³/mol. The molecule has 0 atom stereocenters. The number of nitrogens with one attached hydrogen (secondary N) is 1. The largest absolute Gasteiger partial charge is 0.397 e. The van der Waals surface area contributed by atoms with E-state index in [0.717, 1.165) is 5.69 Å². The fourth-order valence-electron chi connectivity index (χ4n) is 1.33. The molecule has 0 spiro atoms. The topological polar surface area (TPSA) is 74.7 Å². The van der Waals surface area contributed by atoms with Gasteiger partial charge < -0.3 is 11.1 Å². The molecule has 4 heteroatoms. The third-order valence-corrected chi connectivity index (χ3v) is 2.12. The number of hydrogen-bond donors (Lipinski definition) is 2. The van der Waals surface area contributed by atoms with Gasteiger partial charge in [0.05, 0.1) is 34.9 Å². The van der Waals surface area contributed by atoms with E-state index < -0.39 is 0 Å². The molecule has 0 amide bonds. The summed E-state index contributed by atoms with van der Waals surface area (Å²) in [5.41, 5.74) is 8.52. The van der Waals surface area contributed by atoms with Crippen LogP contribution in [0.25, 0.3) is 0 Å². The van der Waals surface area contributed by atoms with Crippen LogP contribution in [0.4, 0.5) is 17.1 Å². The number of benzene rings is 1. The van der Waals surface area contributed by atoms with Crippen LogP contribution >= 0.6 is 0 Å². The summed E-state index contributed by atoms with van der Waals surface area (Å²) in [4.78, 5) is 3.98.